The van der Waals surface area contributed by atoms with Gasteiger partial charge in [-0.25, -0.2) is 19.3 Å². The van der Waals surface area contributed by atoms with Crippen molar-refractivity contribution in [2.45, 2.75) is 38.4 Å². The second-order valence-corrected chi connectivity index (χ2v) is 10.9. The highest BCUT2D eigenvalue weighted by Crippen LogP contribution is 2.26. The van der Waals surface area contributed by atoms with Crippen LogP contribution in [0.15, 0.2) is 73.6 Å². The molecular weight excluding hydrogens is 519 g/mol. The van der Waals surface area contributed by atoms with Gasteiger partial charge in [-0.3, -0.25) is 9.08 Å². The molecule has 0 radical (unpaired) electrons. The highest BCUT2D eigenvalue weighted by Gasteiger charge is 2.28. The van der Waals surface area contributed by atoms with Gasteiger partial charge in [0.2, 0.25) is 0 Å². The first-order valence-corrected chi connectivity index (χ1v) is 14.1. The molecule has 41 heavy (non-hydrogen) atoms. The van der Waals surface area contributed by atoms with Crippen LogP contribution in [-0.4, -0.2) is 65.9 Å². The number of benzene rings is 1. The van der Waals surface area contributed by atoms with Crippen LogP contribution in [0.25, 0.3) is 28.2 Å². The topological polar surface area (TPSA) is 85.4 Å². The molecule has 10 heteroatoms. The second kappa shape index (κ2) is 11.7. The average Bonchev–Trinajstić information content (AvgIpc) is 3.61. The SMILES string of the molecule is Cn1cc(-c2ccc(CNc3cc(-c4cnc5cc(OCCCN6CCC(C)(F)CC6)ccn45)ncn3)cc2)cn1. The van der Waals surface area contributed by atoms with E-state index in [4.69, 9.17) is 4.74 Å². The number of fused-ring (bicyclic) bond motifs is 1. The zero-order valence-corrected chi connectivity index (χ0v) is 23.5. The van der Waals surface area contributed by atoms with Gasteiger partial charge in [0, 0.05) is 63.3 Å². The van der Waals surface area contributed by atoms with Crippen molar-refractivity contribution in [3.05, 3.63) is 79.1 Å². The van der Waals surface area contributed by atoms with E-state index in [0.717, 1.165) is 71.3 Å². The summed E-state index contributed by atoms with van der Waals surface area (Å²) in [7, 11) is 1.92. The Morgan fingerprint density at radius 1 is 1.00 bits per heavy atom. The molecule has 1 aliphatic rings. The van der Waals surface area contributed by atoms with Gasteiger partial charge in [0.1, 0.15) is 29.2 Å². The highest BCUT2D eigenvalue weighted by atomic mass is 19.1. The van der Waals surface area contributed by atoms with Crippen molar-refractivity contribution in [3.8, 4) is 28.3 Å². The number of aromatic nitrogens is 6. The van der Waals surface area contributed by atoms with Crippen LogP contribution < -0.4 is 10.1 Å². The van der Waals surface area contributed by atoms with E-state index in [9.17, 15) is 4.39 Å². The lowest BCUT2D eigenvalue weighted by atomic mass is 9.96. The van der Waals surface area contributed by atoms with Crippen molar-refractivity contribution >= 4 is 11.5 Å². The zero-order chi connectivity index (χ0) is 28.2. The van der Waals surface area contributed by atoms with Crippen LogP contribution in [0.4, 0.5) is 10.2 Å². The summed E-state index contributed by atoms with van der Waals surface area (Å²) in [6.07, 6.45) is 11.3. The van der Waals surface area contributed by atoms with E-state index in [0.29, 0.717) is 26.0 Å². The summed E-state index contributed by atoms with van der Waals surface area (Å²) in [5, 5.41) is 7.65. The van der Waals surface area contributed by atoms with E-state index >= 15 is 0 Å². The van der Waals surface area contributed by atoms with E-state index < -0.39 is 5.67 Å². The average molecular weight is 555 g/mol. The van der Waals surface area contributed by atoms with Gasteiger partial charge < -0.3 is 15.0 Å². The molecule has 212 valence electrons. The van der Waals surface area contributed by atoms with Crippen LogP contribution in [0.5, 0.6) is 5.75 Å². The molecule has 1 saturated heterocycles. The number of likely N-dealkylation sites (tertiary alicyclic amines) is 1. The van der Waals surface area contributed by atoms with Gasteiger partial charge in [-0.15, -0.1) is 0 Å². The third-order valence-corrected chi connectivity index (χ3v) is 7.67. The van der Waals surface area contributed by atoms with E-state index in [1.807, 2.05) is 54.4 Å². The Morgan fingerprint density at radius 2 is 1.83 bits per heavy atom. The fourth-order valence-electron chi connectivity index (χ4n) is 5.13. The minimum atomic E-state index is -1.01. The fourth-order valence-corrected chi connectivity index (χ4v) is 5.13. The lowest BCUT2D eigenvalue weighted by Crippen LogP contribution is -2.40. The number of nitrogens with zero attached hydrogens (tertiary/aromatic N) is 7. The summed E-state index contributed by atoms with van der Waals surface area (Å²) >= 11 is 0. The van der Waals surface area contributed by atoms with Crippen molar-refractivity contribution in [1.29, 1.82) is 0 Å². The fraction of sp³-hybridized carbons (Fsp3) is 0.355. The van der Waals surface area contributed by atoms with Crippen LogP contribution in [0.2, 0.25) is 0 Å². The monoisotopic (exact) mass is 554 g/mol. The molecule has 1 aliphatic heterocycles. The molecule has 0 amide bonds. The van der Waals surface area contributed by atoms with E-state index in [1.54, 1.807) is 17.9 Å². The van der Waals surface area contributed by atoms with E-state index in [2.05, 4.69) is 54.5 Å². The number of imidazole rings is 1. The smallest absolute Gasteiger partial charge is 0.140 e. The number of ether oxygens (including phenoxy) is 1. The number of pyridine rings is 1. The van der Waals surface area contributed by atoms with Gasteiger partial charge in [0.05, 0.1) is 30.4 Å². The number of piperidine rings is 1. The lowest BCUT2D eigenvalue weighted by Gasteiger charge is -2.34. The molecule has 6 rings (SSSR count). The van der Waals surface area contributed by atoms with Crippen molar-refractivity contribution in [3.63, 3.8) is 0 Å². The van der Waals surface area contributed by atoms with Crippen LogP contribution in [0, 0.1) is 0 Å². The quantitative estimate of drug-likeness (QED) is 0.232. The summed E-state index contributed by atoms with van der Waals surface area (Å²) in [5.74, 6) is 1.52. The maximum atomic E-state index is 14.0. The molecule has 1 aromatic carbocycles. The Hall–Kier alpha value is -4.31. The lowest BCUT2D eigenvalue weighted by molar-refractivity contribution is 0.0715. The van der Waals surface area contributed by atoms with Crippen molar-refractivity contribution < 1.29 is 9.13 Å². The molecule has 1 N–H and O–H groups in total. The molecule has 5 aromatic rings. The third kappa shape index (κ3) is 6.54. The maximum absolute atomic E-state index is 14.0. The highest BCUT2D eigenvalue weighted by molar-refractivity contribution is 5.64. The number of anilines is 1. The molecular formula is C31H35FN8O. The van der Waals surface area contributed by atoms with Gasteiger partial charge in [0.15, 0.2) is 0 Å². The molecule has 0 aliphatic carbocycles. The largest absolute Gasteiger partial charge is 0.493 e. The molecule has 5 heterocycles. The zero-order valence-electron chi connectivity index (χ0n) is 23.5. The molecule has 1 fully saturated rings. The Balaban J connectivity index is 1.04. The van der Waals surface area contributed by atoms with Crippen LogP contribution in [0.1, 0.15) is 31.7 Å². The first kappa shape index (κ1) is 26.9. The van der Waals surface area contributed by atoms with Gasteiger partial charge >= 0.3 is 0 Å². The first-order valence-electron chi connectivity index (χ1n) is 14.1. The van der Waals surface area contributed by atoms with Gasteiger partial charge in [0.25, 0.3) is 0 Å². The van der Waals surface area contributed by atoms with Crippen LogP contribution >= 0.6 is 0 Å². The first-order chi connectivity index (χ1) is 19.9. The standard InChI is InChI=1S/C31H35FN8O/c1-31(32)9-13-39(14-10-31)11-3-15-41-26-8-12-40-28(20-34-30(40)16-26)27-17-29(36-22-35-27)33-18-23-4-6-24(7-5-23)25-19-37-38(2)21-25/h4-8,12,16-17,19-22H,3,9-11,13-15,18H2,1-2H3,(H,33,35,36). The Labute approximate surface area is 239 Å². The Kier molecular flexibility index (Phi) is 7.65. The number of rotatable bonds is 10. The van der Waals surface area contributed by atoms with E-state index in [1.165, 1.54) is 0 Å². The Bertz CT molecular complexity index is 1600. The third-order valence-electron chi connectivity index (χ3n) is 7.67. The van der Waals surface area contributed by atoms with Gasteiger partial charge in [-0.05, 0) is 43.4 Å². The summed E-state index contributed by atoms with van der Waals surface area (Å²) in [6.45, 7) is 5.51. The molecule has 0 atom stereocenters. The number of hydrogen-bond acceptors (Lipinski definition) is 7. The number of alkyl halides is 1. The minimum absolute atomic E-state index is 0.609. The molecule has 4 aromatic heterocycles. The summed E-state index contributed by atoms with van der Waals surface area (Å²) in [4.78, 5) is 15.8. The number of hydrogen-bond donors (Lipinski definition) is 1. The van der Waals surface area contributed by atoms with Gasteiger partial charge in [-0.2, -0.15) is 5.10 Å². The number of aryl methyl sites for hydroxylation is 1. The summed E-state index contributed by atoms with van der Waals surface area (Å²) in [5.41, 5.74) is 4.82. The summed E-state index contributed by atoms with van der Waals surface area (Å²) < 4.78 is 23.8. The van der Waals surface area contributed by atoms with Crippen molar-refractivity contribution in [2.75, 3.05) is 31.6 Å². The van der Waals surface area contributed by atoms with Crippen molar-refractivity contribution in [2.24, 2.45) is 7.05 Å². The molecule has 0 bridgehead atoms. The normalized spacial score (nSPS) is 15.3. The van der Waals surface area contributed by atoms with Crippen LogP contribution in [-0.2, 0) is 13.6 Å². The van der Waals surface area contributed by atoms with Crippen molar-refractivity contribution in [1.82, 2.24) is 34.0 Å². The molecule has 0 saturated carbocycles. The van der Waals surface area contributed by atoms with Crippen LogP contribution in [0.3, 0.4) is 0 Å². The molecule has 9 nitrogen and oxygen atoms in total. The number of halogens is 1. The number of nitrogens with one attached hydrogen (secondary N) is 1. The minimum Gasteiger partial charge on any atom is -0.493 e. The Morgan fingerprint density at radius 3 is 2.61 bits per heavy atom. The predicted octanol–water partition coefficient (Wildman–Crippen LogP) is 5.40. The summed E-state index contributed by atoms with van der Waals surface area (Å²) in [6, 6.07) is 14.2. The molecule has 0 unspecified atom stereocenters. The van der Waals surface area contributed by atoms with Gasteiger partial charge in [-0.1, -0.05) is 24.3 Å². The predicted molar refractivity (Wildman–Crippen MR) is 157 cm³/mol. The second-order valence-electron chi connectivity index (χ2n) is 10.9. The molecule has 0 spiro atoms. The maximum Gasteiger partial charge on any atom is 0.140 e. The van der Waals surface area contributed by atoms with E-state index in [-0.39, 0.29) is 0 Å².